The fourth-order valence-electron chi connectivity index (χ4n) is 1.46. The summed E-state index contributed by atoms with van der Waals surface area (Å²) in [6.45, 7) is 5.55. The Bertz CT molecular complexity index is 268. The van der Waals surface area contributed by atoms with Gasteiger partial charge in [-0.3, -0.25) is 0 Å². The van der Waals surface area contributed by atoms with Gasteiger partial charge in [-0.05, 0) is 31.0 Å². The Labute approximate surface area is 89.1 Å². The van der Waals surface area contributed by atoms with Gasteiger partial charge in [0.2, 0.25) is 0 Å². The van der Waals surface area contributed by atoms with Crippen LogP contribution < -0.4 is 5.32 Å². The number of thiophene rings is 1. The maximum atomic E-state index is 5.87. The van der Waals surface area contributed by atoms with Crippen molar-refractivity contribution in [1.82, 2.24) is 5.32 Å². The molecule has 0 atom stereocenters. The molecule has 1 aromatic heterocycles. The second-order valence-corrected chi connectivity index (χ2v) is 5.88. The molecular weight excluding hydrogens is 202 g/mol. The molecule has 0 bridgehead atoms. The van der Waals surface area contributed by atoms with Gasteiger partial charge in [-0.1, -0.05) is 25.4 Å². The molecule has 0 amide bonds. The number of hydrogen-bond donors (Lipinski definition) is 1. The van der Waals surface area contributed by atoms with Gasteiger partial charge in [-0.2, -0.15) is 0 Å². The summed E-state index contributed by atoms with van der Waals surface area (Å²) in [5.74, 6) is 0. The second-order valence-electron chi connectivity index (χ2n) is 4.08. The van der Waals surface area contributed by atoms with E-state index in [1.807, 2.05) is 13.1 Å². The molecule has 0 aliphatic rings. The Hall–Kier alpha value is -0.0500. The third-order valence-electron chi connectivity index (χ3n) is 1.94. The first-order chi connectivity index (χ1) is 6.03. The second kappa shape index (κ2) is 4.45. The molecule has 0 saturated carbocycles. The zero-order chi connectivity index (χ0) is 9.90. The Morgan fingerprint density at radius 1 is 1.46 bits per heavy atom. The predicted molar refractivity (Wildman–Crippen MR) is 60.7 cm³/mol. The molecule has 1 nitrogen and oxygen atoms in total. The van der Waals surface area contributed by atoms with E-state index in [0.717, 1.165) is 17.3 Å². The van der Waals surface area contributed by atoms with Crippen LogP contribution in [0.2, 0.25) is 4.34 Å². The number of halogens is 1. The third-order valence-corrected chi connectivity index (χ3v) is 3.17. The topological polar surface area (TPSA) is 12.0 Å². The van der Waals surface area contributed by atoms with E-state index in [4.69, 9.17) is 11.6 Å². The van der Waals surface area contributed by atoms with Gasteiger partial charge in [0.05, 0.1) is 4.34 Å². The van der Waals surface area contributed by atoms with E-state index in [0.29, 0.717) is 5.41 Å². The molecular formula is C10H16ClNS. The van der Waals surface area contributed by atoms with Gasteiger partial charge in [0.15, 0.2) is 0 Å². The lowest BCUT2D eigenvalue weighted by molar-refractivity contribution is 0.352. The summed E-state index contributed by atoms with van der Waals surface area (Å²) in [5.41, 5.74) is 0.308. The van der Waals surface area contributed by atoms with Crippen molar-refractivity contribution >= 4 is 22.9 Å². The zero-order valence-corrected chi connectivity index (χ0v) is 9.93. The van der Waals surface area contributed by atoms with Crippen molar-refractivity contribution in [3.63, 3.8) is 0 Å². The van der Waals surface area contributed by atoms with Crippen LogP contribution in [0.5, 0.6) is 0 Å². The number of hydrogen-bond acceptors (Lipinski definition) is 2. The first-order valence-corrected chi connectivity index (χ1v) is 5.62. The van der Waals surface area contributed by atoms with Gasteiger partial charge < -0.3 is 5.32 Å². The molecule has 3 heteroatoms. The van der Waals surface area contributed by atoms with Crippen LogP contribution in [0.4, 0.5) is 0 Å². The maximum Gasteiger partial charge on any atom is 0.0931 e. The fourth-order valence-corrected chi connectivity index (χ4v) is 2.81. The summed E-state index contributed by atoms with van der Waals surface area (Å²) < 4.78 is 0.884. The maximum absolute atomic E-state index is 5.87. The highest BCUT2D eigenvalue weighted by Gasteiger charge is 2.18. The normalized spacial score (nSPS) is 12.0. The van der Waals surface area contributed by atoms with Crippen LogP contribution in [0.3, 0.4) is 0 Å². The minimum Gasteiger partial charge on any atom is -0.319 e. The van der Waals surface area contributed by atoms with Gasteiger partial charge in [0.25, 0.3) is 0 Å². The number of rotatable bonds is 4. The SMILES string of the molecule is CNCC(C)(C)Cc1ccc(Cl)s1. The molecule has 0 spiro atoms. The molecule has 1 aromatic rings. The van der Waals surface area contributed by atoms with E-state index in [-0.39, 0.29) is 0 Å². The van der Waals surface area contributed by atoms with E-state index in [1.54, 1.807) is 11.3 Å². The summed E-state index contributed by atoms with van der Waals surface area (Å²) in [6, 6.07) is 4.08. The van der Waals surface area contributed by atoms with Crippen LogP contribution in [0.25, 0.3) is 0 Å². The predicted octanol–water partition coefficient (Wildman–Crippen LogP) is 3.19. The lowest BCUT2D eigenvalue weighted by Gasteiger charge is -2.23. The van der Waals surface area contributed by atoms with E-state index in [9.17, 15) is 0 Å². The minimum absolute atomic E-state index is 0.308. The monoisotopic (exact) mass is 217 g/mol. The first kappa shape index (κ1) is 11.0. The first-order valence-electron chi connectivity index (χ1n) is 4.42. The molecule has 0 radical (unpaired) electrons. The smallest absolute Gasteiger partial charge is 0.0931 e. The van der Waals surface area contributed by atoms with Crippen molar-refractivity contribution in [2.24, 2.45) is 5.41 Å². The standard InChI is InChI=1S/C10H16ClNS/c1-10(2,7-12-3)6-8-4-5-9(11)13-8/h4-5,12H,6-7H2,1-3H3. The minimum atomic E-state index is 0.308. The van der Waals surface area contributed by atoms with Gasteiger partial charge in [0.1, 0.15) is 0 Å². The van der Waals surface area contributed by atoms with Crippen LogP contribution in [0, 0.1) is 5.41 Å². The Balaban J connectivity index is 2.57. The Morgan fingerprint density at radius 2 is 2.15 bits per heavy atom. The van der Waals surface area contributed by atoms with Crippen LogP contribution in [0.15, 0.2) is 12.1 Å². The summed E-state index contributed by atoms with van der Waals surface area (Å²) in [4.78, 5) is 1.37. The van der Waals surface area contributed by atoms with Crippen molar-refractivity contribution in [3.05, 3.63) is 21.3 Å². The molecule has 74 valence electrons. The number of nitrogens with one attached hydrogen (secondary N) is 1. The summed E-state index contributed by atoms with van der Waals surface area (Å²) in [5, 5.41) is 3.21. The van der Waals surface area contributed by atoms with Crippen molar-refractivity contribution in [2.75, 3.05) is 13.6 Å². The van der Waals surface area contributed by atoms with Gasteiger partial charge in [-0.15, -0.1) is 11.3 Å². The van der Waals surface area contributed by atoms with E-state index in [1.165, 1.54) is 4.88 Å². The summed E-state index contributed by atoms with van der Waals surface area (Å²) in [7, 11) is 1.99. The highest BCUT2D eigenvalue weighted by atomic mass is 35.5. The lowest BCUT2D eigenvalue weighted by atomic mass is 9.89. The molecule has 0 aliphatic heterocycles. The Kier molecular flexibility index (Phi) is 3.77. The molecule has 1 heterocycles. The zero-order valence-electron chi connectivity index (χ0n) is 8.36. The molecule has 1 N–H and O–H groups in total. The third kappa shape index (κ3) is 3.67. The van der Waals surface area contributed by atoms with Crippen molar-refractivity contribution in [2.45, 2.75) is 20.3 Å². The molecule has 1 rings (SSSR count). The van der Waals surface area contributed by atoms with Crippen molar-refractivity contribution in [3.8, 4) is 0 Å². The van der Waals surface area contributed by atoms with Crippen LogP contribution in [-0.4, -0.2) is 13.6 Å². The quantitative estimate of drug-likeness (QED) is 0.817. The summed E-state index contributed by atoms with van der Waals surface area (Å²) in [6.07, 6.45) is 1.09. The van der Waals surface area contributed by atoms with Crippen LogP contribution >= 0.6 is 22.9 Å². The van der Waals surface area contributed by atoms with Crippen LogP contribution in [0.1, 0.15) is 18.7 Å². The van der Waals surface area contributed by atoms with E-state index in [2.05, 4.69) is 25.2 Å². The highest BCUT2D eigenvalue weighted by molar-refractivity contribution is 7.16. The fraction of sp³-hybridized carbons (Fsp3) is 0.600. The van der Waals surface area contributed by atoms with Gasteiger partial charge in [-0.25, -0.2) is 0 Å². The van der Waals surface area contributed by atoms with Gasteiger partial charge in [0, 0.05) is 11.4 Å². The molecule has 0 unspecified atom stereocenters. The largest absolute Gasteiger partial charge is 0.319 e. The Morgan fingerprint density at radius 3 is 2.62 bits per heavy atom. The highest BCUT2D eigenvalue weighted by Crippen LogP contribution is 2.28. The van der Waals surface area contributed by atoms with Crippen LogP contribution in [-0.2, 0) is 6.42 Å². The lowest BCUT2D eigenvalue weighted by Crippen LogP contribution is -2.28. The molecule has 0 aliphatic carbocycles. The average molecular weight is 218 g/mol. The van der Waals surface area contributed by atoms with E-state index < -0.39 is 0 Å². The molecule has 13 heavy (non-hydrogen) atoms. The van der Waals surface area contributed by atoms with E-state index >= 15 is 0 Å². The van der Waals surface area contributed by atoms with Gasteiger partial charge >= 0.3 is 0 Å². The average Bonchev–Trinajstić information content (AvgIpc) is 2.34. The molecule has 0 aromatic carbocycles. The molecule has 0 saturated heterocycles. The van der Waals surface area contributed by atoms with Crippen molar-refractivity contribution in [1.29, 1.82) is 0 Å². The van der Waals surface area contributed by atoms with Crippen molar-refractivity contribution < 1.29 is 0 Å². The molecule has 0 fully saturated rings. The summed E-state index contributed by atoms with van der Waals surface area (Å²) >= 11 is 7.55.